The number of pyridine rings is 4. The SMILES string of the molecule is c1ccc(-c2nc(-c3ccccc3)nc(-c3c(-n4c5ccccc5c5ncccc54)c(-n4c5ccccc5c5ncccc54)c(-c4nc5ccccc5o4)c(-n4c5ccccc5c5ncccc54)c3-n3c4ccccc4c4ncccc43)n2)cc1. The van der Waals surface area contributed by atoms with Crippen molar-refractivity contribution in [1.82, 2.24) is 58.1 Å². The Kier molecular flexibility index (Phi) is 10.1. The van der Waals surface area contributed by atoms with Crippen molar-refractivity contribution in [3.63, 3.8) is 0 Å². The van der Waals surface area contributed by atoms with Crippen LogP contribution in [-0.4, -0.2) is 58.1 Å². The molecule has 18 rings (SSSR count). The lowest BCUT2D eigenvalue weighted by molar-refractivity contribution is 0.619. The minimum absolute atomic E-state index is 0.369. The second-order valence-corrected chi connectivity index (χ2v) is 21.1. The number of oxazole rings is 1. The normalized spacial score (nSPS) is 12.0. The highest BCUT2D eigenvalue weighted by Crippen LogP contribution is 2.54. The van der Waals surface area contributed by atoms with Crippen molar-refractivity contribution in [1.29, 1.82) is 0 Å². The summed E-state index contributed by atoms with van der Waals surface area (Å²) in [4.78, 5) is 43.5. The van der Waals surface area contributed by atoms with Gasteiger partial charge in [0.1, 0.15) is 5.52 Å². The molecule has 0 atom stereocenters. The summed E-state index contributed by atoms with van der Waals surface area (Å²) in [5, 5.41) is 3.81. The van der Waals surface area contributed by atoms with Gasteiger partial charge in [0.05, 0.1) is 100 Å². The summed E-state index contributed by atoms with van der Waals surface area (Å²) in [5.74, 6) is 1.74. The molecule has 0 spiro atoms. The van der Waals surface area contributed by atoms with Gasteiger partial charge in [0.2, 0.25) is 5.89 Å². The molecule has 0 amide bonds. The molecule has 0 N–H and O–H groups in total. The summed E-state index contributed by atoms with van der Waals surface area (Å²) in [6.45, 7) is 0. The molecule has 10 heterocycles. The molecule has 0 saturated heterocycles. The van der Waals surface area contributed by atoms with Crippen LogP contribution in [0, 0.1) is 0 Å². The van der Waals surface area contributed by atoms with Crippen molar-refractivity contribution in [2.75, 3.05) is 0 Å². The quantitative estimate of drug-likeness (QED) is 0.146. The average molecular weight is 1090 g/mol. The van der Waals surface area contributed by atoms with Crippen LogP contribution in [0.2, 0.25) is 0 Å². The molecule has 396 valence electrons. The third-order valence-electron chi connectivity index (χ3n) is 16.4. The number of para-hydroxylation sites is 6. The number of rotatable bonds is 8. The van der Waals surface area contributed by atoms with Crippen molar-refractivity contribution in [3.05, 3.63) is 255 Å². The Hall–Kier alpha value is -12.0. The first kappa shape index (κ1) is 46.8. The van der Waals surface area contributed by atoms with Crippen LogP contribution in [0.1, 0.15) is 0 Å². The molecule has 0 unspecified atom stereocenters. The van der Waals surface area contributed by atoms with Gasteiger partial charge in [0, 0.05) is 57.5 Å². The van der Waals surface area contributed by atoms with Gasteiger partial charge in [-0.25, -0.2) is 19.9 Å². The van der Waals surface area contributed by atoms with Crippen LogP contribution < -0.4 is 0 Å². The molecule has 8 aromatic carbocycles. The highest BCUT2D eigenvalue weighted by molar-refractivity contribution is 6.16. The average Bonchev–Trinajstić information content (AvgIpc) is 1.68. The fraction of sp³-hybridized carbons (Fsp3) is 0. The van der Waals surface area contributed by atoms with Crippen molar-refractivity contribution in [2.24, 2.45) is 0 Å². The number of fused-ring (bicyclic) bond motifs is 13. The number of benzene rings is 8. The number of hydrogen-bond donors (Lipinski definition) is 0. The largest absolute Gasteiger partial charge is 0.436 e. The fourth-order valence-electron chi connectivity index (χ4n) is 13.0. The summed E-state index contributed by atoms with van der Waals surface area (Å²) in [6, 6.07) is 78.8. The van der Waals surface area contributed by atoms with Crippen LogP contribution >= 0.6 is 0 Å². The first-order valence-corrected chi connectivity index (χ1v) is 28.1. The summed E-state index contributed by atoms with van der Waals surface area (Å²) >= 11 is 0. The molecule has 85 heavy (non-hydrogen) atoms. The van der Waals surface area contributed by atoms with Crippen LogP contribution in [0.5, 0.6) is 0 Å². The Morgan fingerprint density at radius 3 is 0.965 bits per heavy atom. The van der Waals surface area contributed by atoms with Gasteiger partial charge in [-0.3, -0.25) is 19.9 Å². The van der Waals surface area contributed by atoms with E-state index in [0.717, 1.165) is 98.9 Å². The maximum Gasteiger partial charge on any atom is 0.231 e. The minimum Gasteiger partial charge on any atom is -0.436 e. The number of aromatic nitrogens is 12. The molecule has 10 aromatic heterocycles. The zero-order chi connectivity index (χ0) is 55.7. The Morgan fingerprint density at radius 1 is 0.259 bits per heavy atom. The molecule has 0 aliphatic carbocycles. The van der Waals surface area contributed by atoms with Crippen molar-refractivity contribution in [2.45, 2.75) is 0 Å². The second kappa shape index (κ2) is 18.3. The van der Waals surface area contributed by atoms with Gasteiger partial charge in [-0.15, -0.1) is 0 Å². The molecule has 0 bridgehead atoms. The van der Waals surface area contributed by atoms with E-state index < -0.39 is 0 Å². The molecular weight excluding hydrogens is 1050 g/mol. The number of hydrogen-bond acceptors (Lipinski definition) is 9. The molecule has 0 saturated carbocycles. The summed E-state index contributed by atoms with van der Waals surface area (Å²) < 4.78 is 16.8. The Labute approximate surface area is 482 Å². The van der Waals surface area contributed by atoms with Crippen molar-refractivity contribution in [3.8, 4) is 68.4 Å². The minimum atomic E-state index is 0.369. The van der Waals surface area contributed by atoms with Crippen LogP contribution in [0.3, 0.4) is 0 Å². The lowest BCUT2D eigenvalue weighted by atomic mass is 9.96. The van der Waals surface area contributed by atoms with Crippen LogP contribution in [0.15, 0.2) is 260 Å². The maximum atomic E-state index is 7.42. The summed E-state index contributed by atoms with van der Waals surface area (Å²) in [5.41, 5.74) is 17.3. The van der Waals surface area contributed by atoms with E-state index in [1.807, 2.05) is 110 Å². The van der Waals surface area contributed by atoms with Gasteiger partial charge in [-0.05, 0) is 84.9 Å². The zero-order valence-electron chi connectivity index (χ0n) is 45.0. The highest BCUT2D eigenvalue weighted by Gasteiger charge is 2.38. The molecular formula is C72H42N12O. The van der Waals surface area contributed by atoms with E-state index in [1.165, 1.54) is 0 Å². The predicted octanol–water partition coefficient (Wildman–Crippen LogP) is 16.6. The van der Waals surface area contributed by atoms with E-state index in [4.69, 9.17) is 44.3 Å². The Morgan fingerprint density at radius 2 is 0.576 bits per heavy atom. The van der Waals surface area contributed by atoms with Gasteiger partial charge in [0.15, 0.2) is 23.1 Å². The van der Waals surface area contributed by atoms with E-state index in [9.17, 15) is 0 Å². The van der Waals surface area contributed by atoms with Gasteiger partial charge >= 0.3 is 0 Å². The smallest absolute Gasteiger partial charge is 0.231 e. The number of nitrogens with zero attached hydrogens (tertiary/aromatic N) is 12. The van der Waals surface area contributed by atoms with E-state index in [2.05, 4.69) is 164 Å². The van der Waals surface area contributed by atoms with E-state index in [0.29, 0.717) is 68.3 Å². The zero-order valence-corrected chi connectivity index (χ0v) is 45.0. The Bertz CT molecular complexity index is 5200. The molecule has 13 nitrogen and oxygen atoms in total. The monoisotopic (exact) mass is 1090 g/mol. The molecule has 13 heteroatoms. The van der Waals surface area contributed by atoms with Crippen LogP contribution in [0.4, 0.5) is 0 Å². The summed E-state index contributed by atoms with van der Waals surface area (Å²) in [6.07, 6.45) is 7.46. The first-order valence-electron chi connectivity index (χ1n) is 28.1. The lowest BCUT2D eigenvalue weighted by Gasteiger charge is -2.29. The van der Waals surface area contributed by atoms with Gasteiger partial charge in [-0.1, -0.05) is 146 Å². The Balaban J connectivity index is 1.23. The molecule has 0 aliphatic heterocycles. The van der Waals surface area contributed by atoms with E-state index in [-0.39, 0.29) is 0 Å². The van der Waals surface area contributed by atoms with E-state index >= 15 is 0 Å². The van der Waals surface area contributed by atoms with Gasteiger partial charge < -0.3 is 22.7 Å². The van der Waals surface area contributed by atoms with Crippen molar-refractivity contribution >= 4 is 98.8 Å². The predicted molar refractivity (Wildman–Crippen MR) is 338 cm³/mol. The maximum absolute atomic E-state index is 7.42. The highest BCUT2D eigenvalue weighted by atomic mass is 16.3. The third-order valence-corrected chi connectivity index (χ3v) is 16.4. The molecule has 0 aliphatic rings. The molecule has 0 radical (unpaired) electrons. The first-order chi connectivity index (χ1) is 42.2. The van der Waals surface area contributed by atoms with Crippen LogP contribution in [-0.2, 0) is 0 Å². The topological polar surface area (TPSA) is 136 Å². The molecule has 18 aromatic rings. The molecule has 0 fully saturated rings. The fourth-order valence-corrected chi connectivity index (χ4v) is 13.0. The standard InChI is InChI=1S/C72H42N12O/c1-3-21-43(22-4-1)69-78-70(44-23-5-2-6-24-44)80-71(79-69)59-65(81-50-30-12-7-25-45(50)61-54(81)34-17-39-73-61)67(83-52-32-14-9-27-47(52)63-56(83)36-19-41-75-63)60(72-77-49-29-11-16-38-58(49)85-72)68(84-53-33-15-10-28-48(53)64-57(84)37-20-42-76-64)66(59)82-51-31-13-8-26-46(51)62-55(82)35-18-40-74-62/h1-42H. The summed E-state index contributed by atoms with van der Waals surface area (Å²) in [7, 11) is 0. The van der Waals surface area contributed by atoms with E-state index in [1.54, 1.807) is 0 Å². The lowest BCUT2D eigenvalue weighted by Crippen LogP contribution is -2.17. The van der Waals surface area contributed by atoms with Gasteiger partial charge in [-0.2, -0.15) is 0 Å². The second-order valence-electron chi connectivity index (χ2n) is 21.1. The van der Waals surface area contributed by atoms with Crippen LogP contribution in [0.25, 0.3) is 167 Å². The van der Waals surface area contributed by atoms with Crippen molar-refractivity contribution < 1.29 is 4.42 Å². The third kappa shape index (κ3) is 6.86. The van der Waals surface area contributed by atoms with Gasteiger partial charge in [0.25, 0.3) is 0 Å².